The van der Waals surface area contributed by atoms with Crippen LogP contribution in [0.1, 0.15) is 39.9 Å². The minimum Gasteiger partial charge on any atom is -0.497 e. The Bertz CT molecular complexity index is 1160. The Morgan fingerprint density at radius 3 is 2.55 bits per heavy atom. The number of hydrogen-bond acceptors (Lipinski definition) is 6. The molecule has 1 aromatic heterocycles. The molecule has 0 radical (unpaired) electrons. The average Bonchev–Trinajstić information content (AvgIpc) is 3.21. The predicted octanol–water partition coefficient (Wildman–Crippen LogP) is 2.78. The summed E-state index contributed by atoms with van der Waals surface area (Å²) in [5, 5.41) is 0.467. The van der Waals surface area contributed by atoms with Gasteiger partial charge in [-0.15, -0.1) is 0 Å². The number of ketones is 1. The fourth-order valence-corrected chi connectivity index (χ4v) is 3.48. The van der Waals surface area contributed by atoms with E-state index in [0.29, 0.717) is 28.8 Å². The molecule has 1 aliphatic heterocycles. The zero-order valence-electron chi connectivity index (χ0n) is 16.2. The van der Waals surface area contributed by atoms with E-state index in [1.165, 1.54) is 13.0 Å². The van der Waals surface area contributed by atoms with Crippen LogP contribution >= 0.6 is 0 Å². The average molecular weight is 392 g/mol. The number of rotatable bonds is 5. The van der Waals surface area contributed by atoms with E-state index in [1.54, 1.807) is 48.1 Å². The summed E-state index contributed by atoms with van der Waals surface area (Å²) in [7, 11) is 1.54. The molecule has 0 bridgehead atoms. The van der Waals surface area contributed by atoms with Crippen LogP contribution in [-0.4, -0.2) is 34.5 Å². The highest BCUT2D eigenvalue weighted by atomic mass is 16.5. The largest absolute Gasteiger partial charge is 0.497 e. The maximum Gasteiger partial charge on any atom is 0.338 e. The van der Waals surface area contributed by atoms with E-state index in [4.69, 9.17) is 9.47 Å². The van der Waals surface area contributed by atoms with Crippen LogP contribution < -0.4 is 10.3 Å². The van der Waals surface area contributed by atoms with Crippen LogP contribution in [0.15, 0.2) is 47.3 Å². The summed E-state index contributed by atoms with van der Waals surface area (Å²) >= 11 is 0. The lowest BCUT2D eigenvalue weighted by molar-refractivity contribution is 0.0319. The number of fused-ring (bicyclic) bond motifs is 2. The number of carbonyl (C=O) groups excluding carboxylic acids is 2. The van der Waals surface area contributed by atoms with Gasteiger partial charge in [0.25, 0.3) is 5.56 Å². The topological polar surface area (TPSA) is 87.5 Å². The Balaban J connectivity index is 1.54. The van der Waals surface area contributed by atoms with Crippen molar-refractivity contribution in [3.63, 3.8) is 0 Å². The van der Waals surface area contributed by atoms with E-state index >= 15 is 0 Å². The van der Waals surface area contributed by atoms with E-state index in [1.807, 2.05) is 0 Å². The van der Waals surface area contributed by atoms with Gasteiger partial charge in [0.15, 0.2) is 6.10 Å². The van der Waals surface area contributed by atoms with Crippen molar-refractivity contribution in [2.45, 2.75) is 32.4 Å². The quantitative estimate of drug-likeness (QED) is 0.490. The summed E-state index contributed by atoms with van der Waals surface area (Å²) in [6.07, 6.45) is 0.677. The van der Waals surface area contributed by atoms with Gasteiger partial charge >= 0.3 is 5.97 Å². The standard InChI is InChI=1S/C22H20N2O5/c1-13(20(25)14-5-8-16(28-2)9-6-14)29-22(27)15-7-10-17-18(12-15)23-19-4-3-11-24(19)21(17)26/h5-10,12-13H,3-4,11H2,1-2H3/t13-/m1/s1. The maximum atomic E-state index is 12.5. The molecule has 7 nitrogen and oxygen atoms in total. The van der Waals surface area contributed by atoms with Gasteiger partial charge in [-0.25, -0.2) is 9.78 Å². The molecule has 0 unspecified atom stereocenters. The maximum absolute atomic E-state index is 12.5. The fraction of sp³-hybridized carbons (Fsp3) is 0.273. The van der Waals surface area contributed by atoms with Gasteiger partial charge in [-0.2, -0.15) is 0 Å². The molecule has 0 saturated carbocycles. The molecule has 0 amide bonds. The van der Waals surface area contributed by atoms with Crippen molar-refractivity contribution in [2.75, 3.05) is 7.11 Å². The van der Waals surface area contributed by atoms with E-state index in [2.05, 4.69) is 4.98 Å². The van der Waals surface area contributed by atoms with Gasteiger partial charge in [0.1, 0.15) is 11.6 Å². The zero-order valence-corrected chi connectivity index (χ0v) is 16.2. The predicted molar refractivity (Wildman–Crippen MR) is 107 cm³/mol. The van der Waals surface area contributed by atoms with Crippen molar-refractivity contribution in [1.29, 1.82) is 0 Å². The second-order valence-electron chi connectivity index (χ2n) is 6.96. The van der Waals surface area contributed by atoms with Gasteiger partial charge < -0.3 is 9.47 Å². The Morgan fingerprint density at radius 1 is 1.10 bits per heavy atom. The van der Waals surface area contributed by atoms with Crippen LogP contribution in [0.5, 0.6) is 5.75 Å². The van der Waals surface area contributed by atoms with Gasteiger partial charge in [-0.1, -0.05) is 0 Å². The molecular formula is C22H20N2O5. The first-order chi connectivity index (χ1) is 14.0. The van der Waals surface area contributed by atoms with Crippen molar-refractivity contribution >= 4 is 22.7 Å². The summed E-state index contributed by atoms with van der Waals surface area (Å²) in [4.78, 5) is 42.1. The third-order valence-electron chi connectivity index (χ3n) is 5.08. The number of nitrogens with zero attached hydrogens (tertiary/aromatic N) is 2. The highest BCUT2D eigenvalue weighted by molar-refractivity contribution is 6.02. The Morgan fingerprint density at radius 2 is 1.83 bits per heavy atom. The summed E-state index contributed by atoms with van der Waals surface area (Å²) in [5.41, 5.74) is 1.05. The van der Waals surface area contributed by atoms with Crippen molar-refractivity contribution in [3.8, 4) is 5.75 Å². The third kappa shape index (κ3) is 3.51. The van der Waals surface area contributed by atoms with Crippen molar-refractivity contribution in [1.82, 2.24) is 9.55 Å². The lowest BCUT2D eigenvalue weighted by Crippen LogP contribution is -2.25. The number of aryl methyl sites for hydroxylation is 1. The SMILES string of the molecule is COc1ccc(C(=O)[C@@H](C)OC(=O)c2ccc3c(=O)n4c(nc3c2)CCC4)cc1. The number of ether oxygens (including phenoxy) is 2. The van der Waals surface area contributed by atoms with Crippen molar-refractivity contribution < 1.29 is 19.1 Å². The molecule has 1 atom stereocenters. The number of benzene rings is 2. The normalized spacial score (nSPS) is 13.7. The number of aromatic nitrogens is 2. The Hall–Kier alpha value is -3.48. The number of esters is 1. The highest BCUT2D eigenvalue weighted by Gasteiger charge is 2.22. The molecule has 0 saturated heterocycles. The third-order valence-corrected chi connectivity index (χ3v) is 5.08. The van der Waals surface area contributed by atoms with Gasteiger partial charge in [0.2, 0.25) is 5.78 Å². The van der Waals surface area contributed by atoms with E-state index in [9.17, 15) is 14.4 Å². The van der Waals surface area contributed by atoms with Crippen molar-refractivity contribution in [3.05, 3.63) is 69.8 Å². The van der Waals surface area contributed by atoms with Crippen LogP contribution in [0.4, 0.5) is 0 Å². The minimum atomic E-state index is -0.954. The molecule has 0 aliphatic carbocycles. The van der Waals surface area contributed by atoms with E-state index in [0.717, 1.165) is 18.7 Å². The summed E-state index contributed by atoms with van der Waals surface area (Å²) in [6.45, 7) is 2.20. The molecule has 7 heteroatoms. The number of carbonyl (C=O) groups is 2. The summed E-state index contributed by atoms with van der Waals surface area (Å²) in [6, 6.07) is 11.3. The van der Waals surface area contributed by atoms with Crippen LogP contribution in [0.25, 0.3) is 10.9 Å². The second kappa shape index (κ2) is 7.50. The molecule has 0 N–H and O–H groups in total. The van der Waals surface area contributed by atoms with Gasteiger partial charge in [0, 0.05) is 18.5 Å². The van der Waals surface area contributed by atoms with Crippen LogP contribution in [-0.2, 0) is 17.7 Å². The molecule has 2 heterocycles. The molecule has 3 aromatic rings. The first-order valence-electron chi connectivity index (χ1n) is 9.40. The monoisotopic (exact) mass is 392 g/mol. The van der Waals surface area contributed by atoms with Gasteiger partial charge in [-0.3, -0.25) is 14.2 Å². The number of methoxy groups -OCH3 is 1. The molecular weight excluding hydrogens is 372 g/mol. The highest BCUT2D eigenvalue weighted by Crippen LogP contribution is 2.18. The molecule has 148 valence electrons. The lowest BCUT2D eigenvalue weighted by Gasteiger charge is -2.13. The molecule has 29 heavy (non-hydrogen) atoms. The van der Waals surface area contributed by atoms with E-state index in [-0.39, 0.29) is 16.9 Å². The number of hydrogen-bond donors (Lipinski definition) is 0. The first-order valence-corrected chi connectivity index (χ1v) is 9.40. The zero-order chi connectivity index (χ0) is 20.5. The van der Waals surface area contributed by atoms with E-state index < -0.39 is 12.1 Å². The Kier molecular flexibility index (Phi) is 4.88. The lowest BCUT2D eigenvalue weighted by atomic mass is 10.1. The second-order valence-corrected chi connectivity index (χ2v) is 6.96. The van der Waals surface area contributed by atoms with Crippen LogP contribution in [0.2, 0.25) is 0 Å². The number of Topliss-reactive ketones (excluding diaryl/α,β-unsaturated/α-hetero) is 1. The van der Waals surface area contributed by atoms with Crippen LogP contribution in [0, 0.1) is 0 Å². The van der Waals surface area contributed by atoms with Crippen molar-refractivity contribution in [2.24, 2.45) is 0 Å². The molecule has 0 spiro atoms. The first kappa shape index (κ1) is 18.9. The minimum absolute atomic E-state index is 0.0922. The smallest absolute Gasteiger partial charge is 0.338 e. The molecule has 4 rings (SSSR count). The van der Waals surface area contributed by atoms with Crippen LogP contribution in [0.3, 0.4) is 0 Å². The summed E-state index contributed by atoms with van der Waals surface area (Å²) in [5.74, 6) is 0.424. The fourth-order valence-electron chi connectivity index (χ4n) is 3.48. The Labute approximate surface area is 166 Å². The molecule has 1 aliphatic rings. The summed E-state index contributed by atoms with van der Waals surface area (Å²) < 4.78 is 12.1. The van der Waals surface area contributed by atoms with Gasteiger partial charge in [0.05, 0.1) is 23.6 Å². The molecule has 2 aromatic carbocycles. The van der Waals surface area contributed by atoms with Gasteiger partial charge in [-0.05, 0) is 55.8 Å². The molecule has 0 fully saturated rings.